The van der Waals surface area contributed by atoms with E-state index >= 15 is 0 Å². The monoisotopic (exact) mass is 429 g/mol. The number of carbonyl (C=O) groups is 2. The number of nitrogens with zero attached hydrogens (tertiary/aromatic N) is 5. The molecule has 0 spiro atoms. The predicted molar refractivity (Wildman–Crippen MR) is 111 cm³/mol. The van der Waals surface area contributed by atoms with Gasteiger partial charge in [0.15, 0.2) is 0 Å². The summed E-state index contributed by atoms with van der Waals surface area (Å²) in [6, 6.07) is 0.346. The Balaban J connectivity index is 1.37. The zero-order valence-electron chi connectivity index (χ0n) is 17.8. The number of rotatable bonds is 5. The molecule has 0 aromatic heterocycles. The fraction of sp³-hybridized carbons (Fsp3) is 0.895. The number of piperidine rings is 1. The third-order valence-electron chi connectivity index (χ3n) is 6.37. The van der Waals surface area contributed by atoms with Crippen LogP contribution in [0.3, 0.4) is 0 Å². The van der Waals surface area contributed by atoms with Gasteiger partial charge in [-0.2, -0.15) is 4.31 Å². The van der Waals surface area contributed by atoms with Gasteiger partial charge >= 0.3 is 0 Å². The minimum absolute atomic E-state index is 0.0600. The number of likely N-dealkylation sites (tertiary alicyclic amines) is 1. The van der Waals surface area contributed by atoms with Crippen molar-refractivity contribution < 1.29 is 18.0 Å². The van der Waals surface area contributed by atoms with Gasteiger partial charge in [-0.15, -0.1) is 0 Å². The maximum absolute atomic E-state index is 12.6. The molecule has 0 bridgehead atoms. The lowest BCUT2D eigenvalue weighted by Gasteiger charge is -2.39. The van der Waals surface area contributed by atoms with Gasteiger partial charge in [-0.05, 0) is 26.2 Å². The first-order chi connectivity index (χ1) is 13.7. The molecule has 0 N–H and O–H groups in total. The zero-order valence-corrected chi connectivity index (χ0v) is 18.6. The molecule has 29 heavy (non-hydrogen) atoms. The normalized spacial score (nSPS) is 25.9. The zero-order chi connectivity index (χ0) is 21.0. The van der Waals surface area contributed by atoms with Crippen molar-refractivity contribution >= 4 is 21.8 Å². The van der Waals surface area contributed by atoms with Gasteiger partial charge in [-0.3, -0.25) is 19.4 Å². The molecule has 3 aliphatic heterocycles. The predicted octanol–water partition coefficient (Wildman–Crippen LogP) is -0.891. The fourth-order valence-electron chi connectivity index (χ4n) is 4.42. The SMILES string of the molecule is CC1CCCCN1C(=O)CN1CCN(CC(=O)N2CCN(S(C)(=O)=O)CC2)CC1. The minimum atomic E-state index is -3.18. The Labute approximate surface area is 174 Å². The fourth-order valence-corrected chi connectivity index (χ4v) is 5.24. The Hall–Kier alpha value is -1.23. The van der Waals surface area contributed by atoms with Crippen LogP contribution < -0.4 is 0 Å². The van der Waals surface area contributed by atoms with E-state index in [-0.39, 0.29) is 11.8 Å². The molecule has 166 valence electrons. The number of carbonyl (C=O) groups excluding carboxylic acids is 2. The van der Waals surface area contributed by atoms with Crippen LogP contribution in [0, 0.1) is 0 Å². The van der Waals surface area contributed by atoms with Gasteiger partial charge < -0.3 is 9.80 Å². The Bertz CT molecular complexity index is 685. The molecule has 0 aliphatic carbocycles. The largest absolute Gasteiger partial charge is 0.339 e. The summed E-state index contributed by atoms with van der Waals surface area (Å²) in [5.41, 5.74) is 0. The molecule has 10 heteroatoms. The van der Waals surface area contributed by atoms with Crippen LogP contribution in [0.25, 0.3) is 0 Å². The van der Waals surface area contributed by atoms with Gasteiger partial charge in [0.05, 0.1) is 19.3 Å². The standard InChI is InChI=1S/C19H35N5O4S/c1-17-5-3-4-6-24(17)19(26)16-21-9-7-20(8-10-21)15-18(25)22-11-13-23(14-12-22)29(2,27)28/h17H,3-16H2,1-2H3. The molecule has 2 amide bonds. The summed E-state index contributed by atoms with van der Waals surface area (Å²) < 4.78 is 24.6. The summed E-state index contributed by atoms with van der Waals surface area (Å²) >= 11 is 0. The number of hydrogen-bond donors (Lipinski definition) is 0. The Morgan fingerprint density at radius 2 is 1.34 bits per heavy atom. The second-order valence-corrected chi connectivity index (χ2v) is 10.5. The van der Waals surface area contributed by atoms with E-state index in [1.807, 2.05) is 4.90 Å². The van der Waals surface area contributed by atoms with Crippen molar-refractivity contribution in [3.63, 3.8) is 0 Å². The molecule has 3 saturated heterocycles. The number of piperazine rings is 2. The van der Waals surface area contributed by atoms with Gasteiger partial charge in [-0.25, -0.2) is 8.42 Å². The van der Waals surface area contributed by atoms with Crippen LogP contribution in [0.5, 0.6) is 0 Å². The average Bonchev–Trinajstić information content (AvgIpc) is 2.69. The summed E-state index contributed by atoms with van der Waals surface area (Å²) in [5.74, 6) is 0.287. The molecular weight excluding hydrogens is 394 g/mol. The maximum Gasteiger partial charge on any atom is 0.236 e. The van der Waals surface area contributed by atoms with Crippen molar-refractivity contribution in [3.05, 3.63) is 0 Å². The van der Waals surface area contributed by atoms with Gasteiger partial charge in [0.2, 0.25) is 21.8 Å². The highest BCUT2D eigenvalue weighted by Gasteiger charge is 2.29. The summed E-state index contributed by atoms with van der Waals surface area (Å²) in [4.78, 5) is 33.3. The van der Waals surface area contributed by atoms with Gasteiger partial charge in [0.1, 0.15) is 0 Å². The average molecular weight is 430 g/mol. The van der Waals surface area contributed by atoms with Crippen LogP contribution in [-0.4, -0.2) is 128 Å². The third-order valence-corrected chi connectivity index (χ3v) is 7.67. The minimum Gasteiger partial charge on any atom is -0.339 e. The third kappa shape index (κ3) is 6.13. The lowest BCUT2D eigenvalue weighted by atomic mass is 10.0. The maximum atomic E-state index is 12.6. The Morgan fingerprint density at radius 1 is 0.793 bits per heavy atom. The first-order valence-electron chi connectivity index (χ1n) is 10.7. The van der Waals surface area contributed by atoms with Crippen LogP contribution in [0.1, 0.15) is 26.2 Å². The smallest absolute Gasteiger partial charge is 0.236 e. The lowest BCUT2D eigenvalue weighted by molar-refractivity contribution is -0.137. The summed E-state index contributed by atoms with van der Waals surface area (Å²) in [7, 11) is -3.18. The molecule has 1 atom stereocenters. The van der Waals surface area contributed by atoms with Gasteiger partial charge in [-0.1, -0.05) is 0 Å². The van der Waals surface area contributed by atoms with E-state index in [2.05, 4.69) is 16.7 Å². The molecule has 0 aromatic carbocycles. The Kier molecular flexibility index (Phi) is 7.53. The van der Waals surface area contributed by atoms with Crippen molar-refractivity contribution in [2.45, 2.75) is 32.2 Å². The molecular formula is C19H35N5O4S. The molecule has 0 radical (unpaired) electrons. The van der Waals surface area contributed by atoms with Crippen LogP contribution in [0.15, 0.2) is 0 Å². The lowest BCUT2D eigenvalue weighted by Crippen LogP contribution is -2.55. The molecule has 0 aromatic rings. The number of sulfonamides is 1. The van der Waals surface area contributed by atoms with E-state index in [0.29, 0.717) is 45.3 Å². The number of amides is 2. The van der Waals surface area contributed by atoms with Crippen LogP contribution in [0.2, 0.25) is 0 Å². The van der Waals surface area contributed by atoms with E-state index in [4.69, 9.17) is 0 Å². The molecule has 1 unspecified atom stereocenters. The van der Waals surface area contributed by atoms with Crippen LogP contribution in [-0.2, 0) is 19.6 Å². The quantitative estimate of drug-likeness (QED) is 0.564. The van der Waals surface area contributed by atoms with Crippen LogP contribution in [0.4, 0.5) is 0 Å². The molecule has 3 rings (SSSR count). The van der Waals surface area contributed by atoms with E-state index in [0.717, 1.165) is 45.6 Å². The van der Waals surface area contributed by atoms with Gasteiger partial charge in [0.25, 0.3) is 0 Å². The van der Waals surface area contributed by atoms with Crippen molar-refractivity contribution in [1.29, 1.82) is 0 Å². The second-order valence-electron chi connectivity index (χ2n) is 8.53. The van der Waals surface area contributed by atoms with Crippen molar-refractivity contribution in [1.82, 2.24) is 23.9 Å². The van der Waals surface area contributed by atoms with Gasteiger partial charge in [0, 0.05) is 64.9 Å². The topological polar surface area (TPSA) is 84.5 Å². The van der Waals surface area contributed by atoms with Crippen molar-refractivity contribution in [2.75, 3.05) is 78.2 Å². The highest BCUT2D eigenvalue weighted by molar-refractivity contribution is 7.88. The summed E-state index contributed by atoms with van der Waals surface area (Å²) in [6.07, 6.45) is 4.62. The summed E-state index contributed by atoms with van der Waals surface area (Å²) in [6.45, 7) is 8.64. The molecule has 3 fully saturated rings. The number of hydrogen-bond acceptors (Lipinski definition) is 6. The first kappa shape index (κ1) is 22.5. The van der Waals surface area contributed by atoms with Crippen LogP contribution >= 0.6 is 0 Å². The molecule has 3 aliphatic rings. The van der Waals surface area contributed by atoms with Crippen molar-refractivity contribution in [3.8, 4) is 0 Å². The molecule has 0 saturated carbocycles. The molecule has 9 nitrogen and oxygen atoms in total. The first-order valence-corrected chi connectivity index (χ1v) is 12.6. The summed E-state index contributed by atoms with van der Waals surface area (Å²) in [5, 5.41) is 0. The van der Waals surface area contributed by atoms with E-state index in [1.165, 1.54) is 17.0 Å². The Morgan fingerprint density at radius 3 is 1.86 bits per heavy atom. The molecule has 3 heterocycles. The van der Waals surface area contributed by atoms with E-state index in [9.17, 15) is 18.0 Å². The highest BCUT2D eigenvalue weighted by atomic mass is 32.2. The van der Waals surface area contributed by atoms with E-state index < -0.39 is 10.0 Å². The van der Waals surface area contributed by atoms with Crippen molar-refractivity contribution in [2.24, 2.45) is 0 Å². The second kappa shape index (κ2) is 9.72. The van der Waals surface area contributed by atoms with E-state index in [1.54, 1.807) is 4.90 Å². The highest BCUT2D eigenvalue weighted by Crippen LogP contribution is 2.17.